The number of carboxylic acid groups (broad SMARTS) is 2. The monoisotopic (exact) mass is 931 g/mol. The van der Waals surface area contributed by atoms with E-state index in [0.717, 1.165) is 12.1 Å². The van der Waals surface area contributed by atoms with Gasteiger partial charge in [0.15, 0.2) is 23.4 Å². The first-order valence-electron chi connectivity index (χ1n) is 19.6. The molecule has 2 fully saturated rings. The second-order valence-corrected chi connectivity index (χ2v) is 14.8. The number of hydrogen-bond acceptors (Lipinski definition) is 21. The van der Waals surface area contributed by atoms with Crippen LogP contribution in [0.15, 0.2) is 66.4 Å². The van der Waals surface area contributed by atoms with Crippen LogP contribution in [0.1, 0.15) is 35.6 Å². The van der Waals surface area contributed by atoms with Gasteiger partial charge in [-0.2, -0.15) is 0 Å². The highest BCUT2D eigenvalue weighted by Crippen LogP contribution is 2.47. The van der Waals surface area contributed by atoms with E-state index in [1.807, 2.05) is 0 Å². The van der Waals surface area contributed by atoms with Crippen molar-refractivity contribution in [2.45, 2.75) is 80.4 Å². The summed E-state index contributed by atoms with van der Waals surface area (Å²) in [5, 5.41) is 113. The fraction of sp³-hybridized carbons (Fsp3) is 0.357. The van der Waals surface area contributed by atoms with Crippen molar-refractivity contribution >= 4 is 42.0 Å². The van der Waals surface area contributed by atoms with Crippen molar-refractivity contribution < 1.29 is 118 Å². The number of rotatable bonds is 16. The molecule has 0 spiro atoms. The standard InChI is InChI=1S/C42H42O24/c43-19-5-3-18(4-6-19)39-26(63-41-37(57)35(55)34(54)27(64-41)15-59-31(51)8-2-17-1-7-22(45)23(46)9-17)12-21-24(61-39)10-20(44)11-25(21)62-42-38(58)36(56)40(66-33(53)14-30(49)50)28(65-42)16-60-32(52)13-29(47)48/h1-12,27-28,34-46,54-58H,13-16H2,(H,47,48)(H,49,50)/p+1. The van der Waals surface area contributed by atoms with Crippen LogP contribution >= 0.6 is 0 Å². The summed E-state index contributed by atoms with van der Waals surface area (Å²) in [6, 6.07) is 11.5. The van der Waals surface area contributed by atoms with E-state index in [0.29, 0.717) is 11.1 Å². The molecule has 354 valence electrons. The summed E-state index contributed by atoms with van der Waals surface area (Å²) in [4.78, 5) is 59.1. The Morgan fingerprint density at radius 1 is 0.652 bits per heavy atom. The normalized spacial score (nSPS) is 27.0. The summed E-state index contributed by atoms with van der Waals surface area (Å²) in [7, 11) is 0. The Bertz CT molecular complexity index is 2340. The molecule has 12 N–H and O–H groups in total. The van der Waals surface area contributed by atoms with Gasteiger partial charge in [-0.3, -0.25) is 19.2 Å². The zero-order valence-electron chi connectivity index (χ0n) is 33.9. The summed E-state index contributed by atoms with van der Waals surface area (Å²) in [5.41, 5.74) is 0.626. The van der Waals surface area contributed by atoms with Crippen molar-refractivity contribution in [3.63, 3.8) is 0 Å². The zero-order chi connectivity index (χ0) is 48.0. The van der Waals surface area contributed by atoms with E-state index >= 15 is 0 Å². The van der Waals surface area contributed by atoms with Crippen molar-refractivity contribution in [1.82, 2.24) is 0 Å². The summed E-state index contributed by atoms with van der Waals surface area (Å²) in [6.07, 6.45) is -18.9. The lowest BCUT2D eigenvalue weighted by Gasteiger charge is -2.41. The topological polar surface area (TPSA) is 385 Å². The molecule has 3 aliphatic heterocycles. The Balaban J connectivity index is 1.27. The number of aliphatic carboxylic acids is 2. The molecular formula is C42H43O24+. The Labute approximate surface area is 370 Å². The minimum Gasteiger partial charge on any atom is -0.571 e. The molecule has 24 nitrogen and oxygen atoms in total. The first-order valence-corrected chi connectivity index (χ1v) is 19.6. The lowest BCUT2D eigenvalue weighted by Crippen LogP contribution is -2.61. The minimum absolute atomic E-state index is 0.0122. The molecule has 3 heterocycles. The number of carbonyl (C=O) groups excluding carboxylic acids is 3. The van der Waals surface area contributed by atoms with Crippen LogP contribution in [0.25, 0.3) is 12.2 Å². The van der Waals surface area contributed by atoms with Crippen molar-refractivity contribution in [2.24, 2.45) is 0 Å². The maximum Gasteiger partial charge on any atom is 0.330 e. The van der Waals surface area contributed by atoms with Gasteiger partial charge < -0.3 is 94.1 Å². The summed E-state index contributed by atoms with van der Waals surface area (Å²) in [6.45, 7) is -1.60. The molecule has 0 aromatic heterocycles. The van der Waals surface area contributed by atoms with Crippen molar-refractivity contribution in [1.29, 1.82) is 0 Å². The van der Waals surface area contributed by atoms with Gasteiger partial charge in [0, 0.05) is 18.2 Å². The molecule has 24 heteroatoms. The maximum absolute atomic E-state index is 12.6. The number of aliphatic hydroxyl groups excluding tert-OH is 5. The van der Waals surface area contributed by atoms with Crippen LogP contribution in [0.3, 0.4) is 0 Å². The third-order valence-electron chi connectivity index (χ3n) is 10.0. The first kappa shape index (κ1) is 48.3. The number of benzene rings is 3. The Kier molecular flexibility index (Phi) is 15.2. The predicted molar refractivity (Wildman–Crippen MR) is 213 cm³/mol. The van der Waals surface area contributed by atoms with Crippen molar-refractivity contribution in [3.8, 4) is 34.5 Å². The lowest BCUT2D eigenvalue weighted by atomic mass is 9.98. The second kappa shape index (κ2) is 20.8. The zero-order valence-corrected chi connectivity index (χ0v) is 33.9. The molecule has 0 saturated carbocycles. The Morgan fingerprint density at radius 2 is 1.29 bits per heavy atom. The van der Waals surface area contributed by atoms with Crippen LogP contribution in [-0.2, 0) is 52.4 Å². The van der Waals surface area contributed by atoms with Crippen LogP contribution in [0.4, 0.5) is 0 Å². The third kappa shape index (κ3) is 11.7. The lowest BCUT2D eigenvalue weighted by molar-refractivity contribution is -0.296. The maximum atomic E-state index is 12.6. The number of phenolic OH excluding ortho intramolecular Hbond substituents is 4. The molecule has 0 bridgehead atoms. The fourth-order valence-electron chi connectivity index (χ4n) is 6.75. The van der Waals surface area contributed by atoms with Crippen LogP contribution in [0.5, 0.6) is 34.5 Å². The average molecular weight is 932 g/mol. The van der Waals surface area contributed by atoms with Crippen LogP contribution in [0.2, 0.25) is 0 Å². The molecule has 0 aliphatic carbocycles. The fourth-order valence-corrected chi connectivity index (χ4v) is 6.75. The number of carbonyl (C=O) groups is 5. The quantitative estimate of drug-likeness (QED) is 0.0208. The van der Waals surface area contributed by atoms with Gasteiger partial charge in [-0.15, -0.1) is 0 Å². The molecule has 0 radical (unpaired) electrons. The second-order valence-electron chi connectivity index (χ2n) is 14.8. The minimum atomic E-state index is -2.13. The van der Waals surface area contributed by atoms with E-state index in [2.05, 4.69) is 4.74 Å². The van der Waals surface area contributed by atoms with Gasteiger partial charge in [0.2, 0.25) is 12.6 Å². The van der Waals surface area contributed by atoms with Gasteiger partial charge in [0.05, 0.1) is 11.6 Å². The summed E-state index contributed by atoms with van der Waals surface area (Å²) < 4.78 is 43.4. The average Bonchev–Trinajstić information content (AvgIpc) is 3.25. The molecule has 3 aromatic carbocycles. The SMILES string of the molecule is O=C(O)CC(=O)OCC1OC(Oc2cc(O)cc3c2C=C(OC2OC(COC(=O)C=Cc4ccc(O)c(O)c4)C(O)C(O)C2O)C(c2ccc(O)cc2)[OH+]3)C(O)C(O)C1OC(=O)CC(=O)O. The molecule has 0 amide bonds. The van der Waals surface area contributed by atoms with Crippen LogP contribution in [0, 0.1) is 0 Å². The van der Waals surface area contributed by atoms with Gasteiger partial charge in [0.25, 0.3) is 11.9 Å². The van der Waals surface area contributed by atoms with Crippen molar-refractivity contribution in [2.75, 3.05) is 13.2 Å². The van der Waals surface area contributed by atoms with Gasteiger partial charge >= 0.3 is 29.8 Å². The van der Waals surface area contributed by atoms with Crippen LogP contribution in [-0.4, -0.2) is 165 Å². The number of ether oxygens (including phenoxy) is 8. The molecule has 6 rings (SSSR count). The van der Waals surface area contributed by atoms with E-state index in [4.69, 9.17) is 43.4 Å². The number of aliphatic hydroxyl groups is 6. The Hall–Kier alpha value is -7.19. The third-order valence-corrected chi connectivity index (χ3v) is 10.0. The largest absolute Gasteiger partial charge is 0.571 e. The van der Waals surface area contributed by atoms with Gasteiger partial charge in [-0.1, -0.05) is 6.07 Å². The van der Waals surface area contributed by atoms with Gasteiger partial charge in [0.1, 0.15) is 91.6 Å². The highest BCUT2D eigenvalue weighted by atomic mass is 16.7. The number of phenols is 4. The molecule has 3 aliphatic rings. The smallest absolute Gasteiger partial charge is 0.330 e. The van der Waals surface area contributed by atoms with Crippen LogP contribution < -0.4 is 4.74 Å². The Morgan fingerprint density at radius 3 is 1.97 bits per heavy atom. The van der Waals surface area contributed by atoms with E-state index in [1.54, 1.807) is 0 Å². The number of esters is 3. The van der Waals surface area contributed by atoms with Gasteiger partial charge in [-0.25, -0.2) is 4.79 Å². The molecule has 11 unspecified atom stereocenters. The van der Waals surface area contributed by atoms with E-state index in [1.165, 1.54) is 60.7 Å². The number of aromatic hydroxyl groups is 5. The molecule has 11 atom stereocenters. The molecular weight excluding hydrogens is 888 g/mol. The number of carboxylic acids is 2. The van der Waals surface area contributed by atoms with Crippen molar-refractivity contribution in [3.05, 3.63) is 83.1 Å². The first-order chi connectivity index (χ1) is 31.3. The highest BCUT2D eigenvalue weighted by Gasteiger charge is 2.50. The summed E-state index contributed by atoms with van der Waals surface area (Å²) >= 11 is 0. The molecule has 2 saturated heterocycles. The highest BCUT2D eigenvalue weighted by molar-refractivity contribution is 5.90. The van der Waals surface area contributed by atoms with E-state index < -0.39 is 135 Å². The number of hydrogen-bond donors (Lipinski definition) is 11. The van der Waals surface area contributed by atoms with E-state index in [-0.39, 0.29) is 34.3 Å². The van der Waals surface area contributed by atoms with Gasteiger partial charge in [-0.05, 0) is 48.0 Å². The molecule has 3 aromatic rings. The molecule has 66 heavy (non-hydrogen) atoms. The van der Waals surface area contributed by atoms with E-state index in [9.17, 15) is 69.9 Å². The predicted octanol–water partition coefficient (Wildman–Crippen LogP) is -0.843. The summed E-state index contributed by atoms with van der Waals surface area (Å²) in [5.74, 6) is -8.78. The number of fused-ring (bicyclic) bond motifs is 1.